The van der Waals surface area contributed by atoms with E-state index in [0.717, 1.165) is 37.4 Å². The van der Waals surface area contributed by atoms with Gasteiger partial charge in [0.15, 0.2) is 11.5 Å². The summed E-state index contributed by atoms with van der Waals surface area (Å²) in [5, 5.41) is 9.97. The third kappa shape index (κ3) is 3.52. The molecular formula is C26H22FN3O3. The second-order valence-electron chi connectivity index (χ2n) is 9.01. The number of fused-ring (bicyclic) bond motifs is 1. The molecule has 4 heterocycles. The molecule has 2 fully saturated rings. The lowest BCUT2D eigenvalue weighted by Gasteiger charge is -2.55. The fraction of sp³-hybridized carbons (Fsp3) is 0.308. The van der Waals surface area contributed by atoms with E-state index in [-0.39, 0.29) is 5.69 Å². The minimum absolute atomic E-state index is 0.183. The molecule has 6 rings (SSSR count). The monoisotopic (exact) mass is 443 g/mol. The summed E-state index contributed by atoms with van der Waals surface area (Å²) >= 11 is 0. The zero-order valence-electron chi connectivity index (χ0n) is 18.0. The van der Waals surface area contributed by atoms with Gasteiger partial charge < -0.3 is 14.2 Å². The minimum atomic E-state index is -0.425. The van der Waals surface area contributed by atoms with Crippen LogP contribution in [0, 0.1) is 22.6 Å². The topological polar surface area (TPSA) is 67.6 Å². The van der Waals surface area contributed by atoms with Crippen LogP contribution in [0.2, 0.25) is 0 Å². The Kier molecular flexibility index (Phi) is 4.79. The number of rotatable bonds is 4. The van der Waals surface area contributed by atoms with Crippen LogP contribution in [0.5, 0.6) is 11.5 Å². The van der Waals surface area contributed by atoms with E-state index in [1.807, 2.05) is 30.3 Å². The van der Waals surface area contributed by atoms with Crippen molar-refractivity contribution in [3.8, 4) is 40.0 Å². The zero-order valence-corrected chi connectivity index (χ0v) is 18.0. The van der Waals surface area contributed by atoms with Gasteiger partial charge in [-0.1, -0.05) is 24.3 Å². The highest BCUT2D eigenvalue weighted by atomic mass is 19.1. The highest BCUT2D eigenvalue weighted by Gasteiger charge is 2.48. The summed E-state index contributed by atoms with van der Waals surface area (Å²) in [6.07, 6.45) is 1.71. The predicted molar refractivity (Wildman–Crippen MR) is 119 cm³/mol. The number of hydrogen-bond donors (Lipinski definition) is 0. The molecule has 0 amide bonds. The molecule has 2 saturated heterocycles. The number of likely N-dealkylation sites (tertiary alicyclic amines) is 1. The Balaban J connectivity index is 1.29. The van der Waals surface area contributed by atoms with Gasteiger partial charge in [-0.3, -0.25) is 9.88 Å². The molecule has 3 aromatic rings. The molecule has 7 heteroatoms. The number of hydrogen-bond acceptors (Lipinski definition) is 6. The van der Waals surface area contributed by atoms with E-state index in [4.69, 9.17) is 14.2 Å². The van der Waals surface area contributed by atoms with Gasteiger partial charge in [0.05, 0.1) is 18.8 Å². The second-order valence-corrected chi connectivity index (χ2v) is 9.01. The molecule has 6 nitrogen and oxygen atoms in total. The molecule has 0 unspecified atom stereocenters. The van der Waals surface area contributed by atoms with Crippen LogP contribution in [-0.2, 0) is 11.3 Å². The first-order valence-corrected chi connectivity index (χ1v) is 11.0. The van der Waals surface area contributed by atoms with E-state index in [0.29, 0.717) is 53.4 Å². The number of benzene rings is 2. The van der Waals surface area contributed by atoms with Crippen molar-refractivity contribution < 1.29 is 18.6 Å². The molecule has 0 bridgehead atoms. The van der Waals surface area contributed by atoms with E-state index in [1.54, 1.807) is 12.3 Å². The van der Waals surface area contributed by atoms with E-state index >= 15 is 4.39 Å². The fourth-order valence-electron chi connectivity index (χ4n) is 4.93. The Morgan fingerprint density at radius 3 is 2.55 bits per heavy atom. The zero-order chi connectivity index (χ0) is 22.4. The maximum atomic E-state index is 15.2. The van der Waals surface area contributed by atoms with E-state index in [1.165, 1.54) is 6.07 Å². The fourth-order valence-corrected chi connectivity index (χ4v) is 4.93. The van der Waals surface area contributed by atoms with Crippen LogP contribution in [0.15, 0.2) is 48.7 Å². The molecule has 3 aliphatic heterocycles. The minimum Gasteiger partial charge on any atom is -0.486 e. The third-order valence-corrected chi connectivity index (χ3v) is 6.52. The summed E-state index contributed by atoms with van der Waals surface area (Å²) in [6.45, 7) is 5.26. The summed E-state index contributed by atoms with van der Waals surface area (Å²) in [5.41, 5.74) is 3.69. The highest BCUT2D eigenvalue weighted by molar-refractivity contribution is 5.81. The number of nitriles is 1. The van der Waals surface area contributed by atoms with Crippen molar-refractivity contribution >= 4 is 0 Å². The van der Waals surface area contributed by atoms with E-state index in [2.05, 4.69) is 16.0 Å². The van der Waals surface area contributed by atoms with Crippen molar-refractivity contribution in [2.45, 2.75) is 6.54 Å². The maximum Gasteiger partial charge on any atom is 0.161 e. The van der Waals surface area contributed by atoms with Crippen molar-refractivity contribution in [1.82, 2.24) is 9.88 Å². The van der Waals surface area contributed by atoms with Gasteiger partial charge in [0.25, 0.3) is 0 Å². The standard InChI is InChI=1S/C26H22FN3O3/c27-22-8-17(12-30-13-26(14-30)15-31-16-26)11-29-25(22)20-3-1-2-19(21(20)10-28)18-4-5-23-24(9-18)33-7-6-32-23/h1-5,8-9,11H,6-7,12-16H2. The largest absolute Gasteiger partial charge is 0.486 e. The van der Waals surface area contributed by atoms with Crippen LogP contribution in [0.3, 0.4) is 0 Å². The lowest BCUT2D eigenvalue weighted by molar-refractivity contribution is -0.191. The van der Waals surface area contributed by atoms with Crippen LogP contribution in [-0.4, -0.2) is 49.4 Å². The van der Waals surface area contributed by atoms with Crippen LogP contribution in [0.4, 0.5) is 4.39 Å². The Labute approximate surface area is 191 Å². The quantitative estimate of drug-likeness (QED) is 0.607. The van der Waals surface area contributed by atoms with Crippen LogP contribution < -0.4 is 9.47 Å². The lowest BCUT2D eigenvalue weighted by atomic mass is 9.78. The molecule has 0 atom stereocenters. The first-order valence-electron chi connectivity index (χ1n) is 11.0. The van der Waals surface area contributed by atoms with Gasteiger partial charge in [-0.2, -0.15) is 5.26 Å². The van der Waals surface area contributed by atoms with Gasteiger partial charge in [-0.05, 0) is 29.3 Å². The molecule has 1 spiro atoms. The van der Waals surface area contributed by atoms with Gasteiger partial charge in [-0.15, -0.1) is 0 Å². The average Bonchev–Trinajstić information content (AvgIpc) is 2.79. The van der Waals surface area contributed by atoms with Crippen molar-refractivity contribution in [3.63, 3.8) is 0 Å². The van der Waals surface area contributed by atoms with Crippen molar-refractivity contribution in [2.24, 2.45) is 5.41 Å². The Hall–Kier alpha value is -3.47. The van der Waals surface area contributed by atoms with Crippen LogP contribution >= 0.6 is 0 Å². The van der Waals surface area contributed by atoms with E-state index in [9.17, 15) is 5.26 Å². The van der Waals surface area contributed by atoms with Gasteiger partial charge in [0.1, 0.15) is 30.8 Å². The van der Waals surface area contributed by atoms with Gasteiger partial charge in [0.2, 0.25) is 0 Å². The molecule has 3 aliphatic rings. The summed E-state index contributed by atoms with van der Waals surface area (Å²) in [6, 6.07) is 14.8. The predicted octanol–water partition coefficient (Wildman–Crippen LogP) is 4.03. The summed E-state index contributed by atoms with van der Waals surface area (Å²) in [5.74, 6) is 0.898. The maximum absolute atomic E-state index is 15.2. The van der Waals surface area contributed by atoms with Crippen LogP contribution in [0.25, 0.3) is 22.4 Å². The van der Waals surface area contributed by atoms with Gasteiger partial charge >= 0.3 is 0 Å². The molecule has 2 aromatic carbocycles. The molecule has 166 valence electrons. The third-order valence-electron chi connectivity index (χ3n) is 6.52. The normalized spacial score (nSPS) is 18.3. The Morgan fingerprint density at radius 2 is 1.82 bits per heavy atom. The molecule has 0 N–H and O–H groups in total. The van der Waals surface area contributed by atoms with Crippen molar-refractivity contribution in [1.29, 1.82) is 5.26 Å². The average molecular weight is 443 g/mol. The molecule has 0 radical (unpaired) electrons. The highest BCUT2D eigenvalue weighted by Crippen LogP contribution is 2.39. The van der Waals surface area contributed by atoms with Gasteiger partial charge in [0, 0.05) is 42.4 Å². The van der Waals surface area contributed by atoms with Crippen LogP contribution in [0.1, 0.15) is 11.1 Å². The number of ether oxygens (including phenoxy) is 3. The molecule has 33 heavy (non-hydrogen) atoms. The molecule has 1 aromatic heterocycles. The number of nitrogens with zero attached hydrogens (tertiary/aromatic N) is 3. The summed E-state index contributed by atoms with van der Waals surface area (Å²) < 4.78 is 31.8. The Morgan fingerprint density at radius 1 is 1.03 bits per heavy atom. The number of halogens is 1. The first-order chi connectivity index (χ1) is 16.1. The smallest absolute Gasteiger partial charge is 0.161 e. The van der Waals surface area contributed by atoms with Crippen molar-refractivity contribution in [2.75, 3.05) is 39.5 Å². The molecule has 0 saturated carbocycles. The SMILES string of the molecule is N#Cc1c(-c2ccc3c(c2)OCCO3)cccc1-c1ncc(CN2CC3(COC3)C2)cc1F. The number of pyridine rings is 1. The number of aromatic nitrogens is 1. The molecule has 0 aliphatic carbocycles. The summed E-state index contributed by atoms with van der Waals surface area (Å²) in [4.78, 5) is 6.70. The Bertz CT molecular complexity index is 1270. The van der Waals surface area contributed by atoms with Gasteiger partial charge in [-0.25, -0.2) is 4.39 Å². The first kappa shape index (κ1) is 20.2. The lowest BCUT2D eigenvalue weighted by Crippen LogP contribution is -2.65. The molecular weight excluding hydrogens is 421 g/mol. The second kappa shape index (κ2) is 7.84. The summed E-state index contributed by atoms with van der Waals surface area (Å²) in [7, 11) is 0. The van der Waals surface area contributed by atoms with Crippen molar-refractivity contribution in [3.05, 3.63) is 65.6 Å². The van der Waals surface area contributed by atoms with E-state index < -0.39 is 5.82 Å².